The predicted octanol–water partition coefficient (Wildman–Crippen LogP) is -0.806. The van der Waals surface area contributed by atoms with E-state index in [-0.39, 0.29) is 141 Å². The SMILES string of the molecule is COCCn1ccc(C(=O)NCCN(CCNC(=O)c2ccn(CCOC)c(=O)c2O)CC(Cc2ccc(OCC(=O)O)cc2)NC(=O)c2ccn(CCOC)c(=O)c2O)c(O)c1=O.[Gd+3]. The Labute approximate surface area is 404 Å². The molecule has 1 atom stereocenters. The first kappa shape index (κ1) is 53.7. The number of aromatic nitrogens is 3. The minimum Gasteiger partial charge on any atom is -0.502 e. The van der Waals surface area contributed by atoms with Gasteiger partial charge in [0.15, 0.2) is 23.9 Å². The number of methoxy groups -OCH3 is 3. The number of aromatic hydroxyl groups is 3. The largest absolute Gasteiger partial charge is 3.00 e. The summed E-state index contributed by atoms with van der Waals surface area (Å²) in [5.74, 6) is -5.53. The number of benzene rings is 1. The van der Waals surface area contributed by atoms with Crippen LogP contribution in [0.15, 0.2) is 75.4 Å². The second kappa shape index (κ2) is 26.9. The van der Waals surface area contributed by atoms with E-state index in [1.165, 1.54) is 71.8 Å². The standard InChI is InChI=1S/C42H53N7O15.Gd/c1-61-21-18-47-13-8-30(34(52)40(47)58)37(55)43-11-16-46(17-12-44-38(56)31-9-14-48(19-22-62-2)41(59)35(31)53)25-28(24-27-4-6-29(7-5-27)64-26-33(50)51)45-39(57)32-10-15-49(20-23-63-3)42(60)36(32)54;/h4-10,13-15,28,52-54H,11-12,16-26H2,1-3H3,(H,43,55)(H,44,56)(H,45,57)(H,50,51);/q;+3. The molecule has 1 radical (unpaired) electrons. The second-order valence-corrected chi connectivity index (χ2v) is 14.2. The van der Waals surface area contributed by atoms with Crippen LogP contribution >= 0.6 is 0 Å². The predicted molar refractivity (Wildman–Crippen MR) is 228 cm³/mol. The monoisotopic (exact) mass is 1050 g/mol. The van der Waals surface area contributed by atoms with Crippen LogP contribution in [0.1, 0.15) is 36.6 Å². The molecule has 3 amide bonds. The Morgan fingerprint density at radius 1 is 0.631 bits per heavy atom. The van der Waals surface area contributed by atoms with Crippen LogP contribution in [0.25, 0.3) is 0 Å². The molecule has 0 bridgehead atoms. The number of pyridine rings is 3. The van der Waals surface area contributed by atoms with Gasteiger partial charge in [-0.05, 0) is 42.3 Å². The Hall–Kier alpha value is -5.69. The maximum absolute atomic E-state index is 13.8. The summed E-state index contributed by atoms with van der Waals surface area (Å²) in [5.41, 5.74) is -2.60. The molecule has 1 unspecified atom stereocenters. The summed E-state index contributed by atoms with van der Waals surface area (Å²) in [7, 11) is 4.35. The van der Waals surface area contributed by atoms with Crippen molar-refractivity contribution in [3.8, 4) is 23.0 Å². The summed E-state index contributed by atoms with van der Waals surface area (Å²) in [6.45, 7) is 0.378. The maximum Gasteiger partial charge on any atom is 3.00 e. The molecule has 0 saturated heterocycles. The van der Waals surface area contributed by atoms with Crippen molar-refractivity contribution in [1.29, 1.82) is 0 Å². The number of rotatable bonds is 26. The minimum atomic E-state index is -1.17. The molecular weight excluding hydrogens is 1000 g/mol. The number of aliphatic carboxylic acids is 1. The van der Waals surface area contributed by atoms with Gasteiger partial charge in [-0.25, -0.2) is 4.79 Å². The Morgan fingerprint density at radius 3 is 1.42 bits per heavy atom. The smallest absolute Gasteiger partial charge is 0.502 e. The molecule has 22 nitrogen and oxygen atoms in total. The zero-order valence-corrected chi connectivity index (χ0v) is 38.2. The molecule has 7 N–H and O–H groups in total. The van der Waals surface area contributed by atoms with E-state index < -0.39 is 70.3 Å². The molecule has 65 heavy (non-hydrogen) atoms. The fourth-order valence-corrected chi connectivity index (χ4v) is 6.36. The Kier molecular flexibility index (Phi) is 22.2. The summed E-state index contributed by atoms with van der Waals surface area (Å²) >= 11 is 0. The van der Waals surface area contributed by atoms with Crippen LogP contribution in [0.4, 0.5) is 0 Å². The van der Waals surface area contributed by atoms with Crippen molar-refractivity contribution in [3.05, 3.63) is 114 Å². The first-order valence-corrected chi connectivity index (χ1v) is 20.0. The Balaban J connectivity index is 0.0000112. The van der Waals surface area contributed by atoms with Gasteiger partial charge in [-0.2, -0.15) is 0 Å². The molecule has 0 aliphatic carbocycles. The minimum absolute atomic E-state index is 0. The third kappa shape index (κ3) is 15.8. The van der Waals surface area contributed by atoms with Crippen LogP contribution < -0.4 is 37.4 Å². The topological polar surface area (TPSA) is 291 Å². The number of hydrogen-bond acceptors (Lipinski definition) is 15. The van der Waals surface area contributed by atoms with E-state index in [1.807, 2.05) is 0 Å². The quantitative estimate of drug-likeness (QED) is 0.0405. The number of ether oxygens (including phenoxy) is 4. The Bertz CT molecular complexity index is 2330. The molecule has 0 saturated carbocycles. The number of nitrogens with zero attached hydrogens (tertiary/aromatic N) is 4. The van der Waals surface area contributed by atoms with E-state index in [9.17, 15) is 48.9 Å². The first-order valence-electron chi connectivity index (χ1n) is 20.0. The van der Waals surface area contributed by atoms with Crippen LogP contribution in [-0.4, -0.2) is 149 Å². The number of hydrogen-bond donors (Lipinski definition) is 7. The number of amides is 3. The van der Waals surface area contributed by atoms with Crippen LogP contribution in [-0.2, 0) is 45.1 Å². The van der Waals surface area contributed by atoms with Crippen LogP contribution in [0.3, 0.4) is 0 Å². The summed E-state index contributed by atoms with van der Waals surface area (Å²) in [6.07, 6.45) is 4.17. The molecule has 1 aromatic carbocycles. The van der Waals surface area contributed by atoms with Gasteiger partial charge in [-0.1, -0.05) is 12.1 Å². The molecule has 4 aromatic rings. The molecule has 0 fully saturated rings. The molecular formula is C42H53GdN7O15+3. The zero-order valence-electron chi connectivity index (χ0n) is 36.0. The molecule has 3 heterocycles. The molecule has 0 spiro atoms. The van der Waals surface area contributed by atoms with E-state index >= 15 is 0 Å². The van der Waals surface area contributed by atoms with E-state index in [2.05, 4.69) is 16.0 Å². The van der Waals surface area contributed by atoms with Crippen molar-refractivity contribution in [1.82, 2.24) is 34.6 Å². The number of carboxylic acid groups (broad SMARTS) is 1. The molecule has 0 aliphatic heterocycles. The summed E-state index contributed by atoms with van der Waals surface area (Å²) < 4.78 is 23.8. The molecule has 0 aliphatic rings. The van der Waals surface area contributed by atoms with Crippen molar-refractivity contribution in [2.24, 2.45) is 0 Å². The summed E-state index contributed by atoms with van der Waals surface area (Å²) in [4.78, 5) is 91.2. The number of carboxylic acids is 1. The summed E-state index contributed by atoms with van der Waals surface area (Å²) in [6, 6.07) is 9.45. The van der Waals surface area contributed by atoms with E-state index in [1.54, 1.807) is 29.2 Å². The van der Waals surface area contributed by atoms with Gasteiger partial charge in [0, 0.05) is 98.3 Å². The van der Waals surface area contributed by atoms with Gasteiger partial charge < -0.3 is 69.0 Å². The van der Waals surface area contributed by atoms with Gasteiger partial charge in [0.25, 0.3) is 34.4 Å². The van der Waals surface area contributed by atoms with Gasteiger partial charge in [0.05, 0.1) is 36.5 Å². The molecule has 23 heteroatoms. The van der Waals surface area contributed by atoms with Crippen LogP contribution in [0, 0.1) is 39.9 Å². The Morgan fingerprint density at radius 2 is 1.03 bits per heavy atom. The van der Waals surface area contributed by atoms with Crippen LogP contribution in [0.2, 0.25) is 0 Å². The van der Waals surface area contributed by atoms with Crippen LogP contribution in [0.5, 0.6) is 23.0 Å². The van der Waals surface area contributed by atoms with Gasteiger partial charge in [-0.3, -0.25) is 33.7 Å². The second-order valence-electron chi connectivity index (χ2n) is 14.2. The van der Waals surface area contributed by atoms with Crippen molar-refractivity contribution >= 4 is 23.7 Å². The number of nitrogens with one attached hydrogen (secondary N) is 3. The average Bonchev–Trinajstić information content (AvgIpc) is 3.27. The van der Waals surface area contributed by atoms with Gasteiger partial charge in [0.2, 0.25) is 0 Å². The van der Waals surface area contributed by atoms with Crippen molar-refractivity contribution in [3.63, 3.8) is 0 Å². The first-order chi connectivity index (χ1) is 30.7. The van der Waals surface area contributed by atoms with Gasteiger partial charge in [0.1, 0.15) is 5.75 Å². The molecule has 351 valence electrons. The normalized spacial score (nSPS) is 11.4. The van der Waals surface area contributed by atoms with E-state index in [0.717, 1.165) is 0 Å². The fraction of sp³-hybridized carbons (Fsp3) is 0.405. The zero-order chi connectivity index (χ0) is 46.8. The average molecular weight is 1050 g/mol. The van der Waals surface area contributed by atoms with Crippen molar-refractivity contribution < 1.29 is 98.5 Å². The fourth-order valence-electron chi connectivity index (χ4n) is 6.36. The number of carbonyl (C=O) groups excluding carboxylic acids is 3. The van der Waals surface area contributed by atoms with Crippen molar-refractivity contribution in [2.45, 2.75) is 32.1 Å². The summed E-state index contributed by atoms with van der Waals surface area (Å²) in [5, 5.41) is 49.1. The van der Waals surface area contributed by atoms with E-state index in [4.69, 9.17) is 24.1 Å². The van der Waals surface area contributed by atoms with Gasteiger partial charge in [-0.15, -0.1) is 0 Å². The number of carbonyl (C=O) groups is 4. The van der Waals surface area contributed by atoms with E-state index in [0.29, 0.717) is 5.56 Å². The maximum atomic E-state index is 13.8. The third-order valence-electron chi connectivity index (χ3n) is 9.77. The molecule has 3 aromatic heterocycles. The molecule has 4 rings (SSSR count). The van der Waals surface area contributed by atoms with Gasteiger partial charge >= 0.3 is 45.9 Å². The van der Waals surface area contributed by atoms with Crippen molar-refractivity contribution in [2.75, 3.05) is 80.5 Å². The third-order valence-corrected chi connectivity index (χ3v) is 9.77.